The molecule has 0 rings (SSSR count). The molecule has 0 aromatic carbocycles. The lowest BCUT2D eigenvalue weighted by Crippen LogP contribution is -2.30. The van der Waals surface area contributed by atoms with Crippen LogP contribution in [0.3, 0.4) is 0 Å². The van der Waals surface area contributed by atoms with Crippen LogP contribution in [0.1, 0.15) is 239 Å². The Morgan fingerprint density at radius 2 is 0.677 bits per heavy atom. The summed E-state index contributed by atoms with van der Waals surface area (Å²) in [5.41, 5.74) is 0. The predicted octanol–water partition coefficient (Wildman–Crippen LogP) is 17.8. The molecule has 0 heterocycles. The van der Waals surface area contributed by atoms with E-state index in [-0.39, 0.29) is 37.5 Å². The molecule has 0 radical (unpaired) electrons. The van der Waals surface area contributed by atoms with Crippen molar-refractivity contribution in [2.45, 2.75) is 245 Å². The van der Waals surface area contributed by atoms with E-state index in [9.17, 15) is 14.4 Å². The number of carbonyl (C=O) groups excluding carboxylic acids is 3. The Balaban J connectivity index is 4.50. The van der Waals surface area contributed by atoms with Gasteiger partial charge in [0.2, 0.25) is 0 Å². The quantitative estimate of drug-likeness (QED) is 0.0199. The lowest BCUT2D eigenvalue weighted by molar-refractivity contribution is -0.167. The SMILES string of the molecule is CC/C=C/C=C/C=C/C=C/CCCCCC(=O)OCC(COC(=O)CCC/C=C/C/C=C/C/C=C/C/C=C/CCCCC)OC(=O)CCCCCCCCCCCCCCCCCCC. The van der Waals surface area contributed by atoms with E-state index in [2.05, 4.69) is 81.5 Å². The highest BCUT2D eigenvalue weighted by molar-refractivity contribution is 5.71. The number of hydrogen-bond acceptors (Lipinski definition) is 6. The molecule has 6 nitrogen and oxygen atoms in total. The van der Waals surface area contributed by atoms with Crippen molar-refractivity contribution in [2.24, 2.45) is 0 Å². The van der Waals surface area contributed by atoms with E-state index in [1.165, 1.54) is 116 Å². The summed E-state index contributed by atoms with van der Waals surface area (Å²) in [6.07, 6.45) is 69.7. The molecule has 0 aliphatic heterocycles. The maximum atomic E-state index is 12.8. The number of esters is 3. The van der Waals surface area contributed by atoms with Crippen LogP contribution in [0, 0.1) is 0 Å². The maximum absolute atomic E-state index is 12.8. The number of allylic oxidation sites excluding steroid dienone is 16. The first-order valence-electron chi connectivity index (χ1n) is 26.8. The summed E-state index contributed by atoms with van der Waals surface area (Å²) in [5.74, 6) is -1.01. The van der Waals surface area contributed by atoms with Gasteiger partial charge in [-0.25, -0.2) is 0 Å². The average molecular weight is 903 g/mol. The fourth-order valence-corrected chi connectivity index (χ4v) is 7.15. The van der Waals surface area contributed by atoms with E-state index in [1.54, 1.807) is 0 Å². The van der Waals surface area contributed by atoms with Gasteiger partial charge in [0.15, 0.2) is 6.10 Å². The summed E-state index contributed by atoms with van der Waals surface area (Å²) in [7, 11) is 0. The number of unbranched alkanes of at least 4 members (excludes halogenated alkanes) is 23. The molecule has 0 fully saturated rings. The van der Waals surface area contributed by atoms with Crippen LogP contribution in [-0.4, -0.2) is 37.2 Å². The van der Waals surface area contributed by atoms with E-state index in [0.717, 1.165) is 77.0 Å². The Morgan fingerprint density at radius 1 is 0.338 bits per heavy atom. The molecule has 0 aliphatic rings. The van der Waals surface area contributed by atoms with Crippen LogP contribution < -0.4 is 0 Å². The molecular formula is C59H98O6. The van der Waals surface area contributed by atoms with E-state index >= 15 is 0 Å². The fraction of sp³-hybridized carbons (Fsp3) is 0.678. The van der Waals surface area contributed by atoms with E-state index < -0.39 is 6.10 Å². The van der Waals surface area contributed by atoms with Gasteiger partial charge in [-0.05, 0) is 77.0 Å². The standard InChI is InChI=1S/C59H98O6/c1-4-7-10-13-16-19-22-25-27-29-31-34-37-40-43-46-49-52-58(61)64-55-56(54-63-57(60)51-48-45-42-39-36-33-24-21-18-15-12-9-6-3)65-59(62)53-50-47-44-41-38-35-32-30-28-26-23-20-17-14-11-8-5-2/h9,12,15-16,18-19,21,24-25,27,31,33-34,36,40,43,56H,4-8,10-11,13-14,17,20,22-23,26,28-30,32,35,37-39,41-42,44-55H2,1-3H3/b12-9+,18-15+,19-16+,24-21+,27-25+,34-31+,36-33+,43-40+. The minimum absolute atomic E-state index is 0.114. The molecule has 0 aromatic rings. The first kappa shape index (κ1) is 61.3. The molecule has 370 valence electrons. The molecule has 6 heteroatoms. The molecular weight excluding hydrogens is 805 g/mol. The van der Waals surface area contributed by atoms with Crippen molar-refractivity contribution in [3.63, 3.8) is 0 Å². The topological polar surface area (TPSA) is 78.9 Å². The van der Waals surface area contributed by atoms with Gasteiger partial charge in [0.25, 0.3) is 0 Å². The number of hydrogen-bond donors (Lipinski definition) is 0. The molecule has 0 spiro atoms. The predicted molar refractivity (Wildman–Crippen MR) is 279 cm³/mol. The van der Waals surface area contributed by atoms with Gasteiger partial charge >= 0.3 is 17.9 Å². The van der Waals surface area contributed by atoms with Crippen LogP contribution >= 0.6 is 0 Å². The minimum Gasteiger partial charge on any atom is -0.462 e. The zero-order valence-corrected chi connectivity index (χ0v) is 42.2. The van der Waals surface area contributed by atoms with E-state index in [0.29, 0.717) is 19.3 Å². The van der Waals surface area contributed by atoms with Crippen molar-refractivity contribution in [3.05, 3.63) is 97.2 Å². The summed E-state index contributed by atoms with van der Waals surface area (Å²) in [6, 6.07) is 0. The van der Waals surface area contributed by atoms with Gasteiger partial charge in [-0.15, -0.1) is 0 Å². The summed E-state index contributed by atoms with van der Waals surface area (Å²) < 4.78 is 16.7. The first-order valence-corrected chi connectivity index (χ1v) is 26.8. The van der Waals surface area contributed by atoms with Crippen molar-refractivity contribution in [1.29, 1.82) is 0 Å². The Kier molecular flexibility index (Phi) is 50.0. The number of carbonyl (C=O) groups is 3. The molecule has 0 saturated carbocycles. The molecule has 1 unspecified atom stereocenters. The number of rotatable bonds is 47. The maximum Gasteiger partial charge on any atom is 0.306 e. The van der Waals surface area contributed by atoms with E-state index in [1.807, 2.05) is 36.5 Å². The molecule has 0 N–H and O–H groups in total. The van der Waals surface area contributed by atoms with Crippen LogP contribution in [0.25, 0.3) is 0 Å². The molecule has 0 aliphatic carbocycles. The summed E-state index contributed by atoms with van der Waals surface area (Å²) in [6.45, 7) is 6.39. The molecule has 0 amide bonds. The highest BCUT2D eigenvalue weighted by Crippen LogP contribution is 2.15. The van der Waals surface area contributed by atoms with Gasteiger partial charge in [-0.1, -0.05) is 240 Å². The van der Waals surface area contributed by atoms with Crippen molar-refractivity contribution in [2.75, 3.05) is 13.2 Å². The van der Waals surface area contributed by atoms with Crippen LogP contribution in [0.4, 0.5) is 0 Å². The summed E-state index contributed by atoms with van der Waals surface area (Å²) in [5, 5.41) is 0. The third kappa shape index (κ3) is 51.2. The third-order valence-corrected chi connectivity index (χ3v) is 11.2. The Labute approximate surface area is 400 Å². The van der Waals surface area contributed by atoms with Crippen molar-refractivity contribution >= 4 is 17.9 Å². The molecule has 0 bridgehead atoms. The van der Waals surface area contributed by atoms with Crippen LogP contribution in [0.2, 0.25) is 0 Å². The second kappa shape index (κ2) is 52.9. The normalized spacial score (nSPS) is 12.8. The zero-order chi connectivity index (χ0) is 47.2. The Bertz CT molecular complexity index is 1310. The first-order chi connectivity index (χ1) is 32.0. The highest BCUT2D eigenvalue weighted by atomic mass is 16.6. The lowest BCUT2D eigenvalue weighted by Gasteiger charge is -2.18. The average Bonchev–Trinajstić information content (AvgIpc) is 3.30. The fourth-order valence-electron chi connectivity index (χ4n) is 7.15. The molecule has 0 aromatic heterocycles. The van der Waals surface area contributed by atoms with Gasteiger partial charge in [0, 0.05) is 19.3 Å². The van der Waals surface area contributed by atoms with Gasteiger partial charge < -0.3 is 14.2 Å². The van der Waals surface area contributed by atoms with Crippen LogP contribution in [-0.2, 0) is 28.6 Å². The summed E-state index contributed by atoms with van der Waals surface area (Å²) in [4.78, 5) is 38.0. The smallest absolute Gasteiger partial charge is 0.306 e. The van der Waals surface area contributed by atoms with Gasteiger partial charge in [-0.3, -0.25) is 14.4 Å². The number of ether oxygens (including phenoxy) is 3. The molecule has 0 saturated heterocycles. The third-order valence-electron chi connectivity index (χ3n) is 11.2. The van der Waals surface area contributed by atoms with Gasteiger partial charge in [0.05, 0.1) is 0 Å². The minimum atomic E-state index is -0.814. The zero-order valence-electron chi connectivity index (χ0n) is 42.2. The monoisotopic (exact) mass is 903 g/mol. The highest BCUT2D eigenvalue weighted by Gasteiger charge is 2.19. The van der Waals surface area contributed by atoms with Gasteiger partial charge in [-0.2, -0.15) is 0 Å². The van der Waals surface area contributed by atoms with Crippen LogP contribution in [0.5, 0.6) is 0 Å². The second-order valence-electron chi connectivity index (χ2n) is 17.5. The molecule has 1 atom stereocenters. The van der Waals surface area contributed by atoms with E-state index in [4.69, 9.17) is 14.2 Å². The van der Waals surface area contributed by atoms with Crippen molar-refractivity contribution in [1.82, 2.24) is 0 Å². The van der Waals surface area contributed by atoms with Crippen molar-refractivity contribution < 1.29 is 28.6 Å². The van der Waals surface area contributed by atoms with Crippen molar-refractivity contribution in [3.8, 4) is 0 Å². The van der Waals surface area contributed by atoms with Gasteiger partial charge in [0.1, 0.15) is 13.2 Å². The van der Waals surface area contributed by atoms with Crippen LogP contribution in [0.15, 0.2) is 97.2 Å². The lowest BCUT2D eigenvalue weighted by atomic mass is 10.0. The molecule has 65 heavy (non-hydrogen) atoms. The second-order valence-corrected chi connectivity index (χ2v) is 17.5. The summed E-state index contributed by atoms with van der Waals surface area (Å²) >= 11 is 0. The Hall–Kier alpha value is -3.67. The Morgan fingerprint density at radius 3 is 1.17 bits per heavy atom. The largest absolute Gasteiger partial charge is 0.462 e.